The number of hydrogen-bond acceptors (Lipinski definition) is 5. The number of aromatic nitrogens is 1. The molecule has 2 fully saturated rings. The molecular weight excluding hydrogens is 418 g/mol. The van der Waals surface area contributed by atoms with E-state index >= 15 is 0 Å². The minimum Gasteiger partial charge on any atom is -0.394 e. The molecule has 4 rings (SSSR count). The lowest BCUT2D eigenvalue weighted by Crippen LogP contribution is -2.51. The third-order valence-electron chi connectivity index (χ3n) is 6.01. The van der Waals surface area contributed by atoms with Gasteiger partial charge in [-0.3, -0.25) is 9.59 Å². The second-order valence-electron chi connectivity index (χ2n) is 8.21. The summed E-state index contributed by atoms with van der Waals surface area (Å²) in [6.07, 6.45) is 8.03. The Morgan fingerprint density at radius 1 is 1.31 bits per heavy atom. The second-order valence-corrected chi connectivity index (χ2v) is 10.6. The molecule has 2 saturated carbocycles. The number of carbonyl (C=O) groups excluding carboxylic acids is 2. The van der Waals surface area contributed by atoms with Gasteiger partial charge in [0.15, 0.2) is 5.13 Å². The molecule has 1 aromatic rings. The number of carbonyl (C=O) groups is 2. The first kappa shape index (κ1) is 18.1. The van der Waals surface area contributed by atoms with Gasteiger partial charge in [-0.15, -0.1) is 0 Å². The molecule has 3 N–H and O–H groups in total. The molecule has 2 bridgehead atoms. The summed E-state index contributed by atoms with van der Waals surface area (Å²) >= 11 is 4.70. The third kappa shape index (κ3) is 2.82. The Balaban J connectivity index is 1.59. The fraction of sp³-hybridized carbons (Fsp3) is 0.611. The van der Waals surface area contributed by atoms with Crippen LogP contribution in [0.15, 0.2) is 22.1 Å². The third-order valence-corrected chi connectivity index (χ3v) is 7.40. The van der Waals surface area contributed by atoms with Crippen LogP contribution in [0, 0.1) is 29.1 Å². The van der Waals surface area contributed by atoms with Crippen LogP contribution in [0.25, 0.3) is 0 Å². The van der Waals surface area contributed by atoms with Crippen molar-refractivity contribution in [2.75, 3.05) is 11.9 Å². The van der Waals surface area contributed by atoms with Gasteiger partial charge in [-0.1, -0.05) is 23.5 Å². The van der Waals surface area contributed by atoms with Gasteiger partial charge in [-0.25, -0.2) is 4.98 Å². The van der Waals surface area contributed by atoms with E-state index in [2.05, 4.69) is 43.7 Å². The Morgan fingerprint density at radius 3 is 2.42 bits per heavy atom. The van der Waals surface area contributed by atoms with Gasteiger partial charge in [-0.05, 0) is 59.9 Å². The predicted molar refractivity (Wildman–Crippen MR) is 103 cm³/mol. The van der Waals surface area contributed by atoms with Crippen LogP contribution in [-0.4, -0.2) is 34.1 Å². The molecule has 1 spiro atoms. The van der Waals surface area contributed by atoms with Crippen LogP contribution in [0.4, 0.5) is 5.13 Å². The first-order valence-corrected chi connectivity index (χ1v) is 10.4. The summed E-state index contributed by atoms with van der Waals surface area (Å²) in [5.74, 6) is -0.888. The zero-order chi connectivity index (χ0) is 18.7. The Labute approximate surface area is 164 Å². The van der Waals surface area contributed by atoms with Crippen LogP contribution in [0.5, 0.6) is 0 Å². The van der Waals surface area contributed by atoms with Crippen molar-refractivity contribution >= 4 is 44.2 Å². The zero-order valence-electron chi connectivity index (χ0n) is 14.7. The summed E-state index contributed by atoms with van der Waals surface area (Å²) in [6.45, 7) is 3.41. The number of allylic oxidation sites excluding steroid dienone is 2. The minimum absolute atomic E-state index is 0.0802. The number of aliphatic hydroxyl groups is 1. The van der Waals surface area contributed by atoms with E-state index in [4.69, 9.17) is 0 Å². The highest BCUT2D eigenvalue weighted by Crippen LogP contribution is 2.72. The molecule has 3 aliphatic carbocycles. The number of halogens is 1. The standard InChI is InChI=1S/C18H22BrN3O3S/c1-17(2,8-23)22-15(25)13-10-4-3-9(18(10)5-6-18)12(13)14(24)21-16-20-7-11(19)26-16/h3-4,7,9-10,12-13,23H,5-6,8H2,1-2H3,(H,22,25)(H,20,21,24)/t9-,10-,12-,13-/m1/s1. The van der Waals surface area contributed by atoms with E-state index in [9.17, 15) is 14.7 Å². The molecule has 140 valence electrons. The van der Waals surface area contributed by atoms with Crippen molar-refractivity contribution in [3.63, 3.8) is 0 Å². The maximum absolute atomic E-state index is 13.1. The Hall–Kier alpha value is -1.25. The Morgan fingerprint density at radius 2 is 1.92 bits per heavy atom. The Kier molecular flexibility index (Phi) is 4.28. The largest absolute Gasteiger partial charge is 0.394 e. The number of anilines is 1. The summed E-state index contributed by atoms with van der Waals surface area (Å²) in [7, 11) is 0. The predicted octanol–water partition coefficient (Wildman–Crippen LogP) is 2.56. The van der Waals surface area contributed by atoms with Gasteiger partial charge in [-0.2, -0.15) is 0 Å². The summed E-state index contributed by atoms with van der Waals surface area (Å²) in [5, 5.41) is 15.8. The van der Waals surface area contributed by atoms with Crippen molar-refractivity contribution < 1.29 is 14.7 Å². The number of nitrogens with zero attached hydrogens (tertiary/aromatic N) is 1. The Bertz CT molecular complexity index is 786. The molecule has 2 amide bonds. The number of nitrogens with one attached hydrogen (secondary N) is 2. The van der Waals surface area contributed by atoms with E-state index in [1.165, 1.54) is 11.3 Å². The lowest BCUT2D eigenvalue weighted by molar-refractivity contribution is -0.134. The van der Waals surface area contributed by atoms with Crippen LogP contribution in [-0.2, 0) is 9.59 Å². The smallest absolute Gasteiger partial charge is 0.230 e. The van der Waals surface area contributed by atoms with Gasteiger partial charge < -0.3 is 15.7 Å². The van der Waals surface area contributed by atoms with E-state index in [0.717, 1.165) is 16.6 Å². The second kappa shape index (κ2) is 6.14. The zero-order valence-corrected chi connectivity index (χ0v) is 17.1. The van der Waals surface area contributed by atoms with Gasteiger partial charge in [0.05, 0.1) is 34.0 Å². The highest BCUT2D eigenvalue weighted by molar-refractivity contribution is 9.11. The molecular formula is C18H22BrN3O3S. The lowest BCUT2D eigenvalue weighted by atomic mass is 9.81. The van der Waals surface area contributed by atoms with E-state index in [-0.39, 0.29) is 35.7 Å². The average Bonchev–Trinajstić information content (AvgIpc) is 3.08. The molecule has 0 unspecified atom stereocenters. The van der Waals surface area contributed by atoms with E-state index < -0.39 is 17.4 Å². The molecule has 0 aromatic carbocycles. The topological polar surface area (TPSA) is 91.3 Å². The molecule has 8 heteroatoms. The monoisotopic (exact) mass is 439 g/mol. The number of rotatable bonds is 5. The van der Waals surface area contributed by atoms with Crippen LogP contribution in [0.3, 0.4) is 0 Å². The van der Waals surface area contributed by atoms with Crippen LogP contribution >= 0.6 is 27.3 Å². The van der Waals surface area contributed by atoms with Gasteiger partial charge in [0.2, 0.25) is 11.8 Å². The number of hydrogen-bond donors (Lipinski definition) is 3. The fourth-order valence-corrected chi connectivity index (χ4v) is 5.78. The molecule has 6 nitrogen and oxygen atoms in total. The molecule has 26 heavy (non-hydrogen) atoms. The van der Waals surface area contributed by atoms with Gasteiger partial charge >= 0.3 is 0 Å². The van der Waals surface area contributed by atoms with Crippen molar-refractivity contribution in [3.05, 3.63) is 22.1 Å². The van der Waals surface area contributed by atoms with Crippen molar-refractivity contribution in [2.45, 2.75) is 32.2 Å². The van der Waals surface area contributed by atoms with Crippen molar-refractivity contribution in [2.24, 2.45) is 29.1 Å². The highest BCUT2D eigenvalue weighted by atomic mass is 79.9. The quantitative estimate of drug-likeness (QED) is 0.614. The van der Waals surface area contributed by atoms with Crippen LogP contribution < -0.4 is 10.6 Å². The molecule has 0 saturated heterocycles. The first-order chi connectivity index (χ1) is 12.3. The maximum atomic E-state index is 13.1. The van der Waals surface area contributed by atoms with Gasteiger partial charge in [0, 0.05) is 0 Å². The number of amides is 2. The fourth-order valence-electron chi connectivity index (χ4n) is 4.67. The van der Waals surface area contributed by atoms with Gasteiger partial charge in [0.1, 0.15) is 0 Å². The molecule has 0 radical (unpaired) electrons. The number of thiazole rings is 1. The first-order valence-electron chi connectivity index (χ1n) is 8.81. The minimum atomic E-state index is -0.708. The summed E-state index contributed by atoms with van der Waals surface area (Å²) in [5.41, 5.74) is -0.628. The van der Waals surface area contributed by atoms with Crippen molar-refractivity contribution in [1.29, 1.82) is 0 Å². The molecule has 3 aliphatic rings. The molecule has 1 aromatic heterocycles. The van der Waals surface area contributed by atoms with Crippen molar-refractivity contribution in [3.8, 4) is 0 Å². The van der Waals surface area contributed by atoms with E-state index in [1.807, 2.05) is 0 Å². The summed E-state index contributed by atoms with van der Waals surface area (Å²) in [6, 6.07) is 0. The number of aliphatic hydroxyl groups excluding tert-OH is 1. The lowest BCUT2D eigenvalue weighted by Gasteiger charge is -2.30. The molecule has 0 aliphatic heterocycles. The highest BCUT2D eigenvalue weighted by Gasteiger charge is 2.70. The summed E-state index contributed by atoms with van der Waals surface area (Å²) < 4.78 is 0.846. The van der Waals surface area contributed by atoms with E-state index in [1.54, 1.807) is 20.0 Å². The normalized spacial score (nSPS) is 30.6. The molecule has 4 atom stereocenters. The molecule has 1 heterocycles. The van der Waals surface area contributed by atoms with E-state index in [0.29, 0.717) is 5.13 Å². The van der Waals surface area contributed by atoms with Crippen molar-refractivity contribution in [1.82, 2.24) is 10.3 Å². The van der Waals surface area contributed by atoms with Crippen LogP contribution in [0.2, 0.25) is 0 Å². The average molecular weight is 440 g/mol. The maximum Gasteiger partial charge on any atom is 0.230 e. The van der Waals surface area contributed by atoms with Gasteiger partial charge in [0.25, 0.3) is 0 Å². The summed E-state index contributed by atoms with van der Waals surface area (Å²) in [4.78, 5) is 30.3. The SMILES string of the molecule is CC(C)(CO)NC(=O)[C@H]1[C@H](C(=O)Nc2ncc(Br)s2)[C@H]2C=C[C@H]1C21CC1. The van der Waals surface area contributed by atoms with Crippen LogP contribution in [0.1, 0.15) is 26.7 Å².